The van der Waals surface area contributed by atoms with Crippen LogP contribution in [0.3, 0.4) is 0 Å². The quantitative estimate of drug-likeness (QED) is 0.503. The lowest BCUT2D eigenvalue weighted by Crippen LogP contribution is -2.46. The number of alkyl halides is 3. The summed E-state index contributed by atoms with van der Waals surface area (Å²) < 4.78 is 39.2. The zero-order chi connectivity index (χ0) is 25.6. The van der Waals surface area contributed by atoms with Crippen LogP contribution in [0.2, 0.25) is 0 Å². The Balaban J connectivity index is 1.94. The fraction of sp³-hybridized carbons (Fsp3) is 0.423. The molecular formula is C26H31F3N4O2. The summed E-state index contributed by atoms with van der Waals surface area (Å²) in [7, 11) is 3.77. The van der Waals surface area contributed by atoms with Crippen molar-refractivity contribution >= 4 is 23.2 Å². The number of unbranched alkanes of at least 4 members (excludes halogenated alkanes) is 2. The molecule has 3 rings (SSSR count). The van der Waals surface area contributed by atoms with Gasteiger partial charge in [-0.3, -0.25) is 9.59 Å². The predicted molar refractivity (Wildman–Crippen MR) is 130 cm³/mol. The molecule has 2 amide bonds. The van der Waals surface area contributed by atoms with Crippen LogP contribution in [-0.2, 0) is 15.8 Å². The summed E-state index contributed by atoms with van der Waals surface area (Å²) in [6.07, 6.45) is -2.07. The topological polar surface area (TPSA) is 73.8 Å². The van der Waals surface area contributed by atoms with Crippen molar-refractivity contribution in [2.24, 2.45) is 10.9 Å². The summed E-state index contributed by atoms with van der Waals surface area (Å²) in [5.74, 6) is -1.11. The first-order valence-corrected chi connectivity index (χ1v) is 11.7. The van der Waals surface area contributed by atoms with Gasteiger partial charge in [-0.15, -0.1) is 0 Å². The van der Waals surface area contributed by atoms with Gasteiger partial charge in [-0.1, -0.05) is 56.5 Å². The van der Waals surface area contributed by atoms with Crippen LogP contribution in [0, 0.1) is 5.92 Å². The van der Waals surface area contributed by atoms with Gasteiger partial charge in [0.2, 0.25) is 12.1 Å². The molecule has 188 valence electrons. The lowest BCUT2D eigenvalue weighted by Gasteiger charge is -2.22. The molecule has 6 nitrogen and oxygen atoms in total. The Morgan fingerprint density at radius 1 is 1.11 bits per heavy atom. The number of benzene rings is 2. The van der Waals surface area contributed by atoms with E-state index < -0.39 is 23.8 Å². The zero-order valence-electron chi connectivity index (χ0n) is 20.2. The summed E-state index contributed by atoms with van der Waals surface area (Å²) in [5.41, 5.74) is 0.995. The Morgan fingerprint density at radius 2 is 1.80 bits per heavy atom. The molecule has 0 aliphatic carbocycles. The average Bonchev–Trinajstić information content (AvgIpc) is 2.94. The first kappa shape index (κ1) is 26.4. The number of carbonyl (C=O) groups excluding carboxylic acids is 2. The predicted octanol–water partition coefficient (Wildman–Crippen LogP) is 4.70. The second-order valence-corrected chi connectivity index (χ2v) is 8.95. The average molecular weight is 489 g/mol. The van der Waals surface area contributed by atoms with Gasteiger partial charge in [-0.25, -0.2) is 4.99 Å². The van der Waals surface area contributed by atoms with Crippen molar-refractivity contribution in [2.45, 2.75) is 44.9 Å². The number of anilines is 1. The Hall–Kier alpha value is -3.20. The van der Waals surface area contributed by atoms with E-state index in [1.54, 1.807) is 24.3 Å². The number of hydrogen-bond acceptors (Lipinski definition) is 4. The van der Waals surface area contributed by atoms with Crippen LogP contribution >= 0.6 is 0 Å². The van der Waals surface area contributed by atoms with Crippen LogP contribution in [0.5, 0.6) is 0 Å². The van der Waals surface area contributed by atoms with E-state index in [0.29, 0.717) is 35.5 Å². The summed E-state index contributed by atoms with van der Waals surface area (Å²) >= 11 is 0. The van der Waals surface area contributed by atoms with Crippen LogP contribution in [0.1, 0.15) is 49.3 Å². The first-order valence-electron chi connectivity index (χ1n) is 11.7. The third kappa shape index (κ3) is 6.91. The molecule has 0 radical (unpaired) electrons. The largest absolute Gasteiger partial charge is 0.416 e. The van der Waals surface area contributed by atoms with Crippen molar-refractivity contribution in [3.8, 4) is 0 Å². The Morgan fingerprint density at radius 3 is 2.43 bits per heavy atom. The fourth-order valence-corrected chi connectivity index (χ4v) is 4.04. The van der Waals surface area contributed by atoms with Gasteiger partial charge < -0.3 is 15.5 Å². The van der Waals surface area contributed by atoms with Gasteiger partial charge in [0.15, 0.2) is 0 Å². The summed E-state index contributed by atoms with van der Waals surface area (Å²) in [6, 6.07) is 11.5. The van der Waals surface area contributed by atoms with Gasteiger partial charge in [0, 0.05) is 17.7 Å². The molecule has 0 saturated carbocycles. The standard InChI is InChI=1S/C26H31F3N4O2/c1-4-5-6-9-18(16-33(2)3)24(34)32-23-25(35)30-21-11-8-7-10-20(21)22(31-23)17-12-14-19(15-13-17)26(27,28)29/h7-8,10-15,18,23H,4-6,9,16H2,1-3H3,(H,30,35)(H,32,34)/t18-,23?/m0/s1. The van der Waals surface area contributed by atoms with Crippen LogP contribution < -0.4 is 10.6 Å². The van der Waals surface area contributed by atoms with Crippen molar-refractivity contribution in [3.05, 3.63) is 65.2 Å². The summed E-state index contributed by atoms with van der Waals surface area (Å²) in [5, 5.41) is 5.55. The van der Waals surface area contributed by atoms with E-state index >= 15 is 0 Å². The van der Waals surface area contributed by atoms with Crippen LogP contribution in [0.25, 0.3) is 0 Å². The Bertz CT molecular complexity index is 1070. The maximum absolute atomic E-state index is 13.2. The molecule has 0 saturated heterocycles. The molecule has 1 aliphatic heterocycles. The van der Waals surface area contributed by atoms with E-state index in [1.807, 2.05) is 19.0 Å². The SMILES string of the molecule is CCCCC[C@@H](CN(C)C)C(=O)NC1N=C(c2ccc(C(F)(F)F)cc2)c2ccccc2NC1=O. The highest BCUT2D eigenvalue weighted by Crippen LogP contribution is 2.30. The number of amides is 2. The summed E-state index contributed by atoms with van der Waals surface area (Å²) in [4.78, 5) is 32.6. The minimum absolute atomic E-state index is 0.281. The third-order valence-electron chi connectivity index (χ3n) is 5.82. The number of rotatable bonds is 9. The minimum atomic E-state index is -4.46. The van der Waals surface area contributed by atoms with Crippen molar-refractivity contribution in [1.29, 1.82) is 0 Å². The molecule has 35 heavy (non-hydrogen) atoms. The Labute approximate surface area is 203 Å². The van der Waals surface area contributed by atoms with E-state index in [9.17, 15) is 22.8 Å². The second-order valence-electron chi connectivity index (χ2n) is 8.95. The minimum Gasteiger partial charge on any atom is -0.326 e. The highest BCUT2D eigenvalue weighted by Gasteiger charge is 2.32. The van der Waals surface area contributed by atoms with E-state index in [1.165, 1.54) is 12.1 Å². The van der Waals surface area contributed by atoms with Gasteiger partial charge >= 0.3 is 6.18 Å². The number of aliphatic imine (C=N–C) groups is 1. The fourth-order valence-electron chi connectivity index (χ4n) is 4.04. The number of nitrogens with one attached hydrogen (secondary N) is 2. The molecule has 9 heteroatoms. The number of benzodiazepines with no additional fused rings is 1. The van der Waals surface area contributed by atoms with Gasteiger partial charge in [0.05, 0.1) is 22.9 Å². The lowest BCUT2D eigenvalue weighted by molar-refractivity contribution is -0.137. The van der Waals surface area contributed by atoms with Crippen molar-refractivity contribution in [3.63, 3.8) is 0 Å². The van der Waals surface area contributed by atoms with Crippen LogP contribution in [0.15, 0.2) is 53.5 Å². The molecule has 1 unspecified atom stereocenters. The van der Waals surface area contributed by atoms with Gasteiger partial charge in [0.25, 0.3) is 5.91 Å². The van der Waals surface area contributed by atoms with Crippen LogP contribution in [-0.4, -0.2) is 49.2 Å². The maximum atomic E-state index is 13.2. The van der Waals surface area contributed by atoms with E-state index in [-0.39, 0.29) is 11.8 Å². The smallest absolute Gasteiger partial charge is 0.326 e. The normalized spacial score (nSPS) is 16.7. The van der Waals surface area contributed by atoms with Gasteiger partial charge in [0.1, 0.15) is 0 Å². The van der Waals surface area contributed by atoms with Crippen molar-refractivity contribution in [2.75, 3.05) is 26.0 Å². The number of carbonyl (C=O) groups is 2. The molecular weight excluding hydrogens is 457 g/mol. The molecule has 0 bridgehead atoms. The Kier molecular flexibility index (Phi) is 8.67. The monoisotopic (exact) mass is 488 g/mol. The lowest BCUT2D eigenvalue weighted by atomic mass is 9.99. The third-order valence-corrected chi connectivity index (χ3v) is 5.82. The molecule has 0 fully saturated rings. The molecule has 0 spiro atoms. The molecule has 0 aromatic heterocycles. The van der Waals surface area contributed by atoms with Crippen molar-refractivity contribution < 1.29 is 22.8 Å². The summed E-state index contributed by atoms with van der Waals surface area (Å²) in [6.45, 7) is 2.62. The van der Waals surface area contributed by atoms with Crippen molar-refractivity contribution in [1.82, 2.24) is 10.2 Å². The van der Waals surface area contributed by atoms with Gasteiger partial charge in [-0.2, -0.15) is 13.2 Å². The molecule has 1 aliphatic rings. The zero-order valence-corrected chi connectivity index (χ0v) is 20.2. The van der Waals surface area contributed by atoms with E-state index in [0.717, 1.165) is 31.4 Å². The van der Waals surface area contributed by atoms with Crippen LogP contribution in [0.4, 0.5) is 18.9 Å². The molecule has 1 heterocycles. The molecule has 2 aromatic rings. The van der Waals surface area contributed by atoms with Gasteiger partial charge in [-0.05, 0) is 38.7 Å². The van der Waals surface area contributed by atoms with E-state index in [2.05, 4.69) is 22.5 Å². The molecule has 2 N–H and O–H groups in total. The number of hydrogen-bond donors (Lipinski definition) is 2. The number of para-hydroxylation sites is 1. The number of halogens is 3. The molecule has 2 atom stereocenters. The number of fused-ring (bicyclic) bond motifs is 1. The first-order chi connectivity index (χ1) is 16.6. The van der Waals surface area contributed by atoms with E-state index in [4.69, 9.17) is 0 Å². The highest BCUT2D eigenvalue weighted by molar-refractivity contribution is 6.19. The number of nitrogens with zero attached hydrogens (tertiary/aromatic N) is 2. The maximum Gasteiger partial charge on any atom is 0.416 e. The highest BCUT2D eigenvalue weighted by atomic mass is 19.4. The second kappa shape index (κ2) is 11.5. The molecule has 2 aromatic carbocycles.